The van der Waals surface area contributed by atoms with Crippen LogP contribution < -0.4 is 9.75 Å². The Balaban J connectivity index is 1.35. The lowest BCUT2D eigenvalue weighted by molar-refractivity contribution is -0.120. The highest BCUT2D eigenvalue weighted by Crippen LogP contribution is 2.58. The average Bonchev–Trinajstić information content (AvgIpc) is 3.41. The van der Waals surface area contributed by atoms with Crippen molar-refractivity contribution < 1.29 is 18.7 Å². The number of hydrazine groups is 1. The quantitative estimate of drug-likeness (QED) is 0.574. The normalized spacial score (nSPS) is 25.5. The Hall–Kier alpha value is -3.72. The van der Waals surface area contributed by atoms with E-state index in [1.807, 2.05) is 46.8 Å². The van der Waals surface area contributed by atoms with Gasteiger partial charge in [-0.15, -0.1) is 0 Å². The molecule has 3 unspecified atom stereocenters. The van der Waals surface area contributed by atoms with E-state index >= 15 is 0 Å². The number of amidine groups is 1. The van der Waals surface area contributed by atoms with Crippen molar-refractivity contribution in [2.24, 2.45) is 4.99 Å². The van der Waals surface area contributed by atoms with E-state index in [2.05, 4.69) is 16.0 Å². The maximum atomic E-state index is 13.6. The molecule has 1 aromatic heterocycles. The third kappa shape index (κ3) is 3.41. The summed E-state index contributed by atoms with van der Waals surface area (Å²) in [6.07, 6.45) is 4.43. The molecule has 1 saturated heterocycles. The highest BCUT2D eigenvalue weighted by atomic mass is 19.1. The molecule has 1 amide bonds. The van der Waals surface area contributed by atoms with Crippen LogP contribution in [0.5, 0.6) is 5.75 Å². The minimum atomic E-state index is -0.676. The number of hydrogen-bond acceptors (Lipinski definition) is 6. The van der Waals surface area contributed by atoms with Gasteiger partial charge in [0.2, 0.25) is 0 Å². The molecule has 0 N–H and O–H groups in total. The van der Waals surface area contributed by atoms with Crippen molar-refractivity contribution in [2.75, 3.05) is 25.3 Å². The topological polar surface area (TPSA) is 72.2 Å². The van der Waals surface area contributed by atoms with Crippen molar-refractivity contribution in [1.29, 1.82) is 0 Å². The number of morpholine rings is 1. The number of carbonyl (C=O) groups is 1. The van der Waals surface area contributed by atoms with Crippen LogP contribution in [0.25, 0.3) is 5.69 Å². The van der Waals surface area contributed by atoms with Gasteiger partial charge in [0.25, 0.3) is 5.91 Å². The predicted octanol–water partition coefficient (Wildman–Crippen LogP) is 3.64. The molecule has 6 rings (SSSR count). The van der Waals surface area contributed by atoms with Crippen LogP contribution in [-0.4, -0.2) is 58.2 Å². The van der Waals surface area contributed by atoms with Gasteiger partial charge in [-0.05, 0) is 62.2 Å². The summed E-state index contributed by atoms with van der Waals surface area (Å²) >= 11 is 0. The average molecular weight is 476 g/mol. The van der Waals surface area contributed by atoms with Gasteiger partial charge in [0.1, 0.15) is 23.2 Å². The van der Waals surface area contributed by atoms with E-state index in [4.69, 9.17) is 9.47 Å². The fraction of sp³-hybridized carbons (Fsp3) is 0.346. The highest BCUT2D eigenvalue weighted by molar-refractivity contribution is 6.07. The smallest absolute Gasteiger partial charge is 0.272 e. The van der Waals surface area contributed by atoms with Gasteiger partial charge < -0.3 is 14.0 Å². The van der Waals surface area contributed by atoms with Gasteiger partial charge >= 0.3 is 0 Å². The number of carbonyl (C=O) groups excluding carboxylic acids is 1. The first kappa shape index (κ1) is 21.8. The molecule has 9 heteroatoms. The van der Waals surface area contributed by atoms with Crippen LogP contribution in [0.15, 0.2) is 60.0 Å². The number of halogens is 1. The van der Waals surface area contributed by atoms with Crippen molar-refractivity contribution in [3.05, 3.63) is 72.1 Å². The third-order valence-electron chi connectivity index (χ3n) is 7.08. The number of rotatable bonds is 4. The largest absolute Gasteiger partial charge is 0.495 e. The number of nitrogens with zero attached hydrogens (tertiary/aromatic N) is 5. The van der Waals surface area contributed by atoms with Crippen molar-refractivity contribution >= 4 is 17.4 Å². The summed E-state index contributed by atoms with van der Waals surface area (Å²) in [5.41, 5.74) is 2.96. The van der Waals surface area contributed by atoms with Gasteiger partial charge in [0.05, 0.1) is 43.7 Å². The number of aliphatic imine (C=N–C) groups is 1. The first-order chi connectivity index (χ1) is 16.9. The zero-order valence-electron chi connectivity index (χ0n) is 19.8. The van der Waals surface area contributed by atoms with Crippen LogP contribution in [0.3, 0.4) is 0 Å². The van der Waals surface area contributed by atoms with Crippen LogP contribution in [0.2, 0.25) is 0 Å². The Bertz CT molecular complexity index is 1340. The lowest BCUT2D eigenvalue weighted by Gasteiger charge is -2.48. The number of methoxy groups -OCH3 is 1. The standard InChI is InChI=1S/C26H26FN5O3/c1-16-14-30(15-28-16)22-9-4-18(12-23(22)34-3)21-13-26(21)25-29-24(33)17(2)32(31(25)10-11-35-26)20-7-5-19(27)6-8-20/h4-9,12,14-15,17,21H,10-11,13H2,1-3H3. The minimum Gasteiger partial charge on any atom is -0.495 e. The summed E-state index contributed by atoms with van der Waals surface area (Å²) in [5.74, 6) is 0.835. The molecule has 3 aliphatic rings. The minimum absolute atomic E-state index is 0.0350. The number of amides is 1. The zero-order valence-corrected chi connectivity index (χ0v) is 19.8. The Morgan fingerprint density at radius 3 is 2.71 bits per heavy atom. The summed E-state index contributed by atoms with van der Waals surface area (Å²) in [4.78, 5) is 21.8. The van der Waals surface area contributed by atoms with Gasteiger partial charge in [-0.1, -0.05) is 6.07 Å². The molecule has 1 spiro atoms. The molecule has 2 fully saturated rings. The molecule has 180 valence electrons. The second-order valence-corrected chi connectivity index (χ2v) is 9.24. The lowest BCUT2D eigenvalue weighted by atomic mass is 10.0. The molecule has 2 aliphatic heterocycles. The summed E-state index contributed by atoms with van der Waals surface area (Å²) in [6.45, 7) is 4.82. The van der Waals surface area contributed by atoms with E-state index in [9.17, 15) is 9.18 Å². The number of anilines is 1. The molecule has 2 aromatic carbocycles. The fourth-order valence-electron chi connectivity index (χ4n) is 5.25. The number of imidazole rings is 1. The van der Waals surface area contributed by atoms with Gasteiger partial charge in [-0.25, -0.2) is 9.37 Å². The van der Waals surface area contributed by atoms with Gasteiger partial charge in [-0.3, -0.25) is 14.8 Å². The number of ether oxygens (including phenoxy) is 2. The second kappa shape index (κ2) is 7.91. The van der Waals surface area contributed by atoms with E-state index in [0.717, 1.165) is 28.4 Å². The molecule has 8 nitrogen and oxygen atoms in total. The molecule has 1 aliphatic carbocycles. The molecule has 3 atom stereocenters. The van der Waals surface area contributed by atoms with Crippen molar-refractivity contribution in [1.82, 2.24) is 14.6 Å². The number of aryl methyl sites for hydroxylation is 1. The third-order valence-corrected chi connectivity index (χ3v) is 7.08. The first-order valence-electron chi connectivity index (χ1n) is 11.7. The summed E-state index contributed by atoms with van der Waals surface area (Å²) < 4.78 is 27.5. The summed E-state index contributed by atoms with van der Waals surface area (Å²) in [7, 11) is 1.65. The molecular formula is C26H26FN5O3. The van der Waals surface area contributed by atoms with Crippen molar-refractivity contribution in [2.45, 2.75) is 37.8 Å². The Morgan fingerprint density at radius 2 is 2.00 bits per heavy atom. The van der Waals surface area contributed by atoms with Crippen molar-refractivity contribution in [3.63, 3.8) is 0 Å². The van der Waals surface area contributed by atoms with E-state index < -0.39 is 11.6 Å². The fourth-order valence-corrected chi connectivity index (χ4v) is 5.25. The molecule has 3 aromatic rings. The predicted molar refractivity (Wildman–Crippen MR) is 128 cm³/mol. The number of aromatic nitrogens is 2. The monoisotopic (exact) mass is 475 g/mol. The maximum absolute atomic E-state index is 13.6. The Morgan fingerprint density at radius 1 is 1.20 bits per heavy atom. The molecule has 1 saturated carbocycles. The Kier molecular flexibility index (Phi) is 4.93. The van der Waals surface area contributed by atoms with E-state index in [-0.39, 0.29) is 17.6 Å². The molecule has 3 heterocycles. The second-order valence-electron chi connectivity index (χ2n) is 9.24. The van der Waals surface area contributed by atoms with Crippen LogP contribution in [-0.2, 0) is 9.53 Å². The van der Waals surface area contributed by atoms with Crippen LogP contribution in [0, 0.1) is 12.7 Å². The number of benzene rings is 2. The zero-order chi connectivity index (χ0) is 24.3. The van der Waals surface area contributed by atoms with E-state index in [1.54, 1.807) is 25.6 Å². The Labute approximate surface area is 202 Å². The molecule has 0 bridgehead atoms. The van der Waals surface area contributed by atoms with Crippen LogP contribution in [0.1, 0.15) is 30.5 Å². The molecular weight excluding hydrogens is 449 g/mol. The first-order valence-corrected chi connectivity index (χ1v) is 11.7. The van der Waals surface area contributed by atoms with Crippen molar-refractivity contribution in [3.8, 4) is 11.4 Å². The number of fused-ring (bicyclic) bond motifs is 2. The molecule has 35 heavy (non-hydrogen) atoms. The maximum Gasteiger partial charge on any atom is 0.272 e. The lowest BCUT2D eigenvalue weighted by Crippen LogP contribution is -2.64. The van der Waals surface area contributed by atoms with E-state index in [0.29, 0.717) is 25.4 Å². The van der Waals surface area contributed by atoms with Gasteiger partial charge in [0.15, 0.2) is 5.84 Å². The van der Waals surface area contributed by atoms with Crippen LogP contribution >= 0.6 is 0 Å². The number of hydrogen-bond donors (Lipinski definition) is 0. The van der Waals surface area contributed by atoms with Gasteiger partial charge in [-0.2, -0.15) is 4.99 Å². The van der Waals surface area contributed by atoms with Gasteiger partial charge in [0, 0.05) is 12.1 Å². The van der Waals surface area contributed by atoms with Crippen LogP contribution in [0.4, 0.5) is 10.1 Å². The van der Waals surface area contributed by atoms with E-state index in [1.165, 1.54) is 12.1 Å². The SMILES string of the molecule is COc1cc(C2CC23OCCN2C3=NC(=O)C(C)N2c2ccc(F)cc2)ccc1-n1cnc(C)c1. The molecule has 0 radical (unpaired) electrons. The summed E-state index contributed by atoms with van der Waals surface area (Å²) in [5, 5.41) is 3.94. The summed E-state index contributed by atoms with van der Waals surface area (Å²) in [6, 6.07) is 11.8. The highest BCUT2D eigenvalue weighted by Gasteiger charge is 2.65.